The van der Waals surface area contributed by atoms with Gasteiger partial charge < -0.3 is 170 Å². The van der Waals surface area contributed by atoms with Gasteiger partial charge in [-0.2, -0.15) is 0 Å². The van der Waals surface area contributed by atoms with Crippen LogP contribution >= 0.6 is 43.0 Å². The number of ether oxygens (including phenoxy) is 8. The largest absolute Gasteiger partial charge is 2.00 e. The van der Waals surface area contributed by atoms with Gasteiger partial charge in [-0.3, -0.25) is 0 Å². The summed E-state index contributed by atoms with van der Waals surface area (Å²) in [5.41, 5.74) is 2.53. The van der Waals surface area contributed by atoms with Crippen molar-refractivity contribution < 1.29 is 170 Å². The number of hydrogen-bond donors (Lipinski definition) is 0. The quantitative estimate of drug-likeness (QED) is 0.0293. The second-order valence-corrected chi connectivity index (χ2v) is 28.7. The van der Waals surface area contributed by atoms with E-state index in [1.807, 2.05) is 76.2 Å². The number of unbranched alkanes of at least 4 members (excludes halogenated alkanes) is 4. The Kier molecular flexibility index (Phi) is 83.2. The van der Waals surface area contributed by atoms with Crippen LogP contribution in [0.5, 0.6) is 103 Å². The summed E-state index contributed by atoms with van der Waals surface area (Å²) >= 11 is 0. The van der Waals surface area contributed by atoms with E-state index in [0.29, 0.717) is 109 Å². The molecule has 0 unspecified atom stereocenters. The van der Waals surface area contributed by atoms with Crippen LogP contribution in [0.1, 0.15) is 131 Å². The molecular formula is C88H106Cl5Mg5O23P5. The molecule has 0 fully saturated rings. The van der Waals surface area contributed by atoms with E-state index in [4.69, 9.17) is 83.1 Å². The van der Waals surface area contributed by atoms with E-state index in [2.05, 4.69) is 27.7 Å². The first-order valence-electron chi connectivity index (χ1n) is 38.5. The van der Waals surface area contributed by atoms with E-state index in [1.54, 1.807) is 208 Å². The minimum absolute atomic E-state index is 0. The molecule has 0 bridgehead atoms. The fraction of sp³-hybridized carbons (Fsp3) is 0.318. The molecule has 0 amide bonds. The smallest absolute Gasteiger partial charge is 1.00 e. The van der Waals surface area contributed by atoms with Crippen molar-refractivity contribution in [3.8, 4) is 103 Å². The molecule has 0 radical (unpaired) electrons. The Balaban J connectivity index is -0.000000476. The van der Waals surface area contributed by atoms with Crippen LogP contribution < -0.4 is 170 Å². The van der Waals surface area contributed by atoms with Gasteiger partial charge in [-0.15, -0.1) is 0 Å². The Labute approximate surface area is 862 Å². The molecule has 0 atom stereocenters. The van der Waals surface area contributed by atoms with E-state index in [9.17, 15) is 24.5 Å². The summed E-state index contributed by atoms with van der Waals surface area (Å²) in [7, 11) is -8.29. The van der Waals surface area contributed by atoms with E-state index in [1.165, 1.54) is 36.8 Å². The van der Waals surface area contributed by atoms with Gasteiger partial charge in [0.25, 0.3) is 0 Å². The Hall–Kier alpha value is -4.17. The van der Waals surface area contributed by atoms with Crippen LogP contribution in [0.3, 0.4) is 0 Å². The summed E-state index contributed by atoms with van der Waals surface area (Å²) in [5, 5.41) is 0. The molecule has 0 aliphatic rings. The number of hydrogen-bond acceptors (Lipinski definition) is 23. The van der Waals surface area contributed by atoms with Crippen LogP contribution in [0.15, 0.2) is 243 Å². The molecule has 0 aromatic heterocycles. The zero-order valence-electron chi connectivity index (χ0n) is 72.9. The minimum Gasteiger partial charge on any atom is -1.00 e. The molecule has 0 saturated carbocycles. The third-order valence-electron chi connectivity index (χ3n) is 15.4. The van der Waals surface area contributed by atoms with Gasteiger partial charge in [0.1, 0.15) is 103 Å². The van der Waals surface area contributed by atoms with Crippen LogP contribution in [-0.2, 0) is 12.8 Å². The summed E-state index contributed by atoms with van der Waals surface area (Å²) in [6.45, 7) is 20.4. The first kappa shape index (κ1) is 130. The Morgan fingerprint density at radius 3 is 0.500 bits per heavy atom. The Bertz CT molecular complexity index is 3800. The topological polar surface area (TPSA) is 281 Å². The Morgan fingerprint density at radius 1 is 0.190 bits per heavy atom. The molecule has 0 N–H and O–H groups in total. The minimum atomic E-state index is -2.31. The average Bonchev–Trinajstić information content (AvgIpc) is 0.893. The van der Waals surface area contributed by atoms with Gasteiger partial charge in [0.2, 0.25) is 43.0 Å². The van der Waals surface area contributed by atoms with Gasteiger partial charge in [-0.1, -0.05) is 91.5 Å². The molecule has 10 rings (SSSR count). The number of aryl methyl sites for hydroxylation is 2. The van der Waals surface area contributed by atoms with Gasteiger partial charge in [0, 0.05) is 0 Å². The molecule has 0 heterocycles. The van der Waals surface area contributed by atoms with E-state index in [0.717, 1.165) is 85.9 Å². The third-order valence-corrected chi connectivity index (χ3v) is 19.0. The zero-order valence-corrected chi connectivity index (χ0v) is 88.2. The second kappa shape index (κ2) is 80.5. The van der Waals surface area contributed by atoms with Gasteiger partial charge in [0.15, 0.2) is 0 Å². The monoisotopic (exact) mass is 1980 g/mol. The maximum absolute atomic E-state index is 12.0. The van der Waals surface area contributed by atoms with Crippen molar-refractivity contribution in [3.63, 3.8) is 0 Å². The van der Waals surface area contributed by atoms with Gasteiger partial charge >= 0.3 is 115 Å². The molecule has 23 nitrogen and oxygen atoms in total. The van der Waals surface area contributed by atoms with Crippen LogP contribution in [0, 0.1) is 0 Å². The number of halogens is 5. The summed E-state index contributed by atoms with van der Waals surface area (Å²) < 4.78 is 95.5. The molecule has 0 aliphatic heterocycles. The first-order valence-corrected chi connectivity index (χ1v) is 44.0. The Morgan fingerprint density at radius 2 is 0.341 bits per heavy atom. The first-order chi connectivity index (χ1) is 56.5. The fourth-order valence-electron chi connectivity index (χ4n) is 9.44. The molecule has 10 aromatic rings. The zero-order chi connectivity index (χ0) is 83.2. The molecule has 0 saturated heterocycles. The van der Waals surface area contributed by atoms with Crippen LogP contribution in [0.25, 0.3) is 0 Å². The van der Waals surface area contributed by atoms with Gasteiger partial charge in [0.05, 0.1) is 53.9 Å². The van der Waals surface area contributed by atoms with Crippen LogP contribution in [0.4, 0.5) is 0 Å². The van der Waals surface area contributed by atoms with Crippen LogP contribution in [0.2, 0.25) is 0 Å². The molecule has 0 aliphatic carbocycles. The van der Waals surface area contributed by atoms with Crippen molar-refractivity contribution in [1.82, 2.24) is 0 Å². The van der Waals surface area contributed by atoms with Gasteiger partial charge in [-0.05, 0) is 295 Å². The third kappa shape index (κ3) is 57.3. The normalized spacial score (nSPS) is 9.68. The van der Waals surface area contributed by atoms with E-state index >= 15 is 0 Å². The summed E-state index contributed by atoms with van der Waals surface area (Å²) in [5.74, 6) is 10.7. The van der Waals surface area contributed by atoms with E-state index in [-0.39, 0.29) is 177 Å². The van der Waals surface area contributed by atoms with Crippen molar-refractivity contribution in [2.45, 2.75) is 132 Å². The maximum atomic E-state index is 12.0. The van der Waals surface area contributed by atoms with Crippen molar-refractivity contribution in [1.29, 1.82) is 0 Å². The molecule has 126 heavy (non-hydrogen) atoms. The van der Waals surface area contributed by atoms with Crippen molar-refractivity contribution in [2.24, 2.45) is 0 Å². The molecule has 0 spiro atoms. The average molecular weight is 1990 g/mol. The standard InChI is InChI=1S/C20H26O5P.C20H26O3P.C18H22O5P.C16H18O5P.C14H14O5P.5ClH.5Mg/c1-3-5-15-22-17-7-11-19(12-8-17)24-26(21)25-20-13-9-18(10-14-20)23-16-6-4-2;1-3-5-7-17-9-13-19(14-10-17)22-24(21)23-20-15-11-18(12-16-20)8-6-4-2;1-3-13-20-15-5-9-17(10-6-15)22-24(19)23-18-11-7-16(8-12-18)21-14-4-2;1-3-18-13-5-9-15(10-6-13)20-22(17)21-16-11-7-14(8-12-16)19-4-2;1-16-11-3-7-13(8-4-11)18-20(15)19-14-9-5-12(17-2)6-10-14;;;;;;;;;;/h7-14H,3-6,15-16H2,1-2H3;9-16H,3-8H2,1-2H3;5-12H,3-4,13-14H2,1-2H3;5-12H,3-4H2,1-2H3;3-10H,1-2H3;5*1H;;;;;/q5*-1;;;;;;5*+2/p-5. The summed E-state index contributed by atoms with van der Waals surface area (Å²) in [4.78, 5) is 59.5. The van der Waals surface area contributed by atoms with Gasteiger partial charge in [-0.25, -0.2) is 0 Å². The molecule has 666 valence electrons. The number of rotatable bonds is 46. The predicted octanol–water partition coefficient (Wildman–Crippen LogP) is 4.21. The number of benzene rings is 10. The maximum Gasteiger partial charge on any atom is 2.00 e. The van der Waals surface area contributed by atoms with Crippen molar-refractivity contribution >= 4 is 158 Å². The molecule has 38 heteroatoms. The summed E-state index contributed by atoms with van der Waals surface area (Å²) in [6.07, 6.45) is 12.9. The SMILES string of the molecule is CCCCOc1ccc(OP([O-])Oc2ccc(OCCCC)cc2)cc1.CCCCc1ccc(OP([O-])Oc2ccc(CCCC)cc2)cc1.CCCOc1ccc(OP([O-])Oc2ccc(OCCC)cc2)cc1.CCOc1ccc(OP([O-])Oc2ccc(OCC)cc2)cc1.COc1ccc(OP([O-])Oc2ccc(OC)cc2)cc1.[Cl-].[Cl-].[Cl-].[Cl-].[Cl-].[Mg+2].[Mg+2].[Mg+2].[Mg+2].[Mg+2]. The van der Waals surface area contributed by atoms with Crippen molar-refractivity contribution in [3.05, 3.63) is 254 Å². The molecule has 10 aromatic carbocycles. The van der Waals surface area contributed by atoms with E-state index < -0.39 is 43.0 Å². The second-order valence-electron chi connectivity index (χ2n) is 24.7. The van der Waals surface area contributed by atoms with Crippen molar-refractivity contribution in [2.75, 3.05) is 53.9 Å². The summed E-state index contributed by atoms with van der Waals surface area (Å²) in [6, 6.07) is 70.5. The number of methoxy groups -OCH3 is 2. The van der Waals surface area contributed by atoms with Crippen LogP contribution in [-0.4, -0.2) is 169 Å². The fourth-order valence-corrected chi connectivity index (χ4v) is 12.6. The predicted molar refractivity (Wildman–Crippen MR) is 479 cm³/mol. The molecular weight excluding hydrogens is 1880 g/mol.